The summed E-state index contributed by atoms with van der Waals surface area (Å²) in [7, 11) is 0. The van der Waals surface area contributed by atoms with Crippen LogP contribution in [-0.4, -0.2) is 36.3 Å². The van der Waals surface area contributed by atoms with E-state index in [9.17, 15) is 9.59 Å². The lowest BCUT2D eigenvalue weighted by molar-refractivity contribution is -0.130. The van der Waals surface area contributed by atoms with Crippen molar-refractivity contribution in [3.8, 4) is 10.4 Å². The summed E-state index contributed by atoms with van der Waals surface area (Å²) in [5, 5.41) is 5.08. The van der Waals surface area contributed by atoms with Crippen LogP contribution in [0.25, 0.3) is 10.4 Å². The zero-order chi connectivity index (χ0) is 21.0. The fourth-order valence-electron chi connectivity index (χ4n) is 4.19. The molecule has 0 saturated carbocycles. The van der Waals surface area contributed by atoms with Crippen molar-refractivity contribution in [3.63, 3.8) is 0 Å². The van der Waals surface area contributed by atoms with Crippen LogP contribution in [-0.2, 0) is 11.2 Å². The molecular weight excluding hydrogens is 392 g/mol. The SMILES string of the molecule is CCNC(=O)[C@@]1(Cc2ccc(-c3cccs3)cc2)CCN(C(=O)c2ccccc2)C1. The third-order valence-corrected chi connectivity index (χ3v) is 6.70. The molecule has 4 nitrogen and oxygen atoms in total. The summed E-state index contributed by atoms with van der Waals surface area (Å²) in [5.41, 5.74) is 2.39. The van der Waals surface area contributed by atoms with Crippen molar-refractivity contribution < 1.29 is 9.59 Å². The van der Waals surface area contributed by atoms with E-state index < -0.39 is 5.41 Å². The number of amides is 2. The van der Waals surface area contributed by atoms with E-state index >= 15 is 0 Å². The minimum atomic E-state index is -0.592. The maximum atomic E-state index is 13.1. The van der Waals surface area contributed by atoms with Crippen molar-refractivity contribution >= 4 is 23.2 Å². The van der Waals surface area contributed by atoms with Crippen LogP contribution in [0.4, 0.5) is 0 Å². The summed E-state index contributed by atoms with van der Waals surface area (Å²) < 4.78 is 0. The lowest BCUT2D eigenvalue weighted by Gasteiger charge is -2.28. The van der Waals surface area contributed by atoms with Gasteiger partial charge in [0.05, 0.1) is 5.41 Å². The van der Waals surface area contributed by atoms with Crippen LogP contribution in [0, 0.1) is 5.41 Å². The maximum absolute atomic E-state index is 13.1. The van der Waals surface area contributed by atoms with Crippen molar-refractivity contribution in [3.05, 3.63) is 83.2 Å². The van der Waals surface area contributed by atoms with E-state index in [4.69, 9.17) is 0 Å². The highest BCUT2D eigenvalue weighted by Gasteiger charge is 2.45. The average molecular weight is 419 g/mol. The van der Waals surface area contributed by atoms with E-state index in [2.05, 4.69) is 47.1 Å². The highest BCUT2D eigenvalue weighted by atomic mass is 32.1. The van der Waals surface area contributed by atoms with Gasteiger partial charge in [0.1, 0.15) is 0 Å². The zero-order valence-electron chi connectivity index (χ0n) is 17.1. The summed E-state index contributed by atoms with van der Waals surface area (Å²) in [5.74, 6) is 0.0329. The standard InChI is InChI=1S/C25H26N2O2S/c1-2-26-24(29)25(14-15-27(18-25)23(28)21-7-4-3-5-8-21)17-19-10-12-20(13-11-19)22-9-6-16-30-22/h3-13,16H,2,14-15,17-18H2,1H3,(H,26,29)/t25-/m1/s1. The molecule has 1 aromatic heterocycles. The number of nitrogens with one attached hydrogen (secondary N) is 1. The molecule has 1 aliphatic heterocycles. The van der Waals surface area contributed by atoms with Gasteiger partial charge in [-0.05, 0) is 54.5 Å². The van der Waals surface area contributed by atoms with Gasteiger partial charge in [-0.2, -0.15) is 0 Å². The van der Waals surface area contributed by atoms with Crippen molar-refractivity contribution in [1.29, 1.82) is 0 Å². The van der Waals surface area contributed by atoms with Gasteiger partial charge in [-0.3, -0.25) is 9.59 Å². The topological polar surface area (TPSA) is 49.4 Å². The number of benzene rings is 2. The first-order valence-electron chi connectivity index (χ1n) is 10.4. The Kier molecular flexibility index (Phi) is 6.00. The Morgan fingerprint density at radius 1 is 1.03 bits per heavy atom. The van der Waals surface area contributed by atoms with Crippen LogP contribution in [0.3, 0.4) is 0 Å². The second kappa shape index (κ2) is 8.84. The highest BCUT2D eigenvalue weighted by Crippen LogP contribution is 2.36. The van der Waals surface area contributed by atoms with Gasteiger partial charge >= 0.3 is 0 Å². The molecule has 5 heteroatoms. The molecule has 0 aliphatic carbocycles. The minimum Gasteiger partial charge on any atom is -0.356 e. The quantitative estimate of drug-likeness (QED) is 0.635. The second-order valence-electron chi connectivity index (χ2n) is 7.83. The number of rotatable bonds is 6. The van der Waals surface area contributed by atoms with Gasteiger partial charge in [0.25, 0.3) is 5.91 Å². The van der Waals surface area contributed by atoms with Gasteiger partial charge in [-0.1, -0.05) is 48.5 Å². The minimum absolute atomic E-state index is 0.00480. The predicted octanol–water partition coefficient (Wildman–Crippen LogP) is 4.63. The Balaban J connectivity index is 1.55. The molecule has 1 atom stereocenters. The molecule has 0 bridgehead atoms. The van der Waals surface area contributed by atoms with Gasteiger partial charge in [0.2, 0.25) is 5.91 Å². The molecule has 1 fully saturated rings. The third-order valence-electron chi connectivity index (χ3n) is 5.78. The molecule has 30 heavy (non-hydrogen) atoms. The van der Waals surface area contributed by atoms with E-state index in [0.717, 1.165) is 5.56 Å². The van der Waals surface area contributed by atoms with Crippen molar-refractivity contribution in [2.24, 2.45) is 5.41 Å². The highest BCUT2D eigenvalue weighted by molar-refractivity contribution is 7.13. The smallest absolute Gasteiger partial charge is 0.253 e. The van der Waals surface area contributed by atoms with Gasteiger partial charge in [0.15, 0.2) is 0 Å². The van der Waals surface area contributed by atoms with Crippen LogP contribution in [0.5, 0.6) is 0 Å². The molecule has 154 valence electrons. The molecule has 2 heterocycles. The summed E-state index contributed by atoms with van der Waals surface area (Å²) in [6.07, 6.45) is 1.30. The number of hydrogen-bond acceptors (Lipinski definition) is 3. The van der Waals surface area contributed by atoms with Crippen LogP contribution in [0.2, 0.25) is 0 Å². The lowest BCUT2D eigenvalue weighted by atomic mass is 9.79. The Bertz CT molecular complexity index is 999. The van der Waals surface area contributed by atoms with Crippen LogP contribution in [0.15, 0.2) is 72.1 Å². The van der Waals surface area contributed by atoms with Crippen LogP contribution >= 0.6 is 11.3 Å². The Labute approximate surface area is 181 Å². The number of nitrogens with zero attached hydrogens (tertiary/aromatic N) is 1. The van der Waals surface area contributed by atoms with E-state index in [0.29, 0.717) is 38.0 Å². The van der Waals surface area contributed by atoms with E-state index in [1.165, 1.54) is 10.4 Å². The fourth-order valence-corrected chi connectivity index (χ4v) is 4.92. The van der Waals surface area contributed by atoms with Gasteiger partial charge in [-0.15, -0.1) is 11.3 Å². The number of carbonyl (C=O) groups excluding carboxylic acids is 2. The first kappa shape index (κ1) is 20.4. The van der Waals surface area contributed by atoms with E-state index in [1.807, 2.05) is 42.2 Å². The van der Waals surface area contributed by atoms with E-state index in [1.54, 1.807) is 11.3 Å². The largest absolute Gasteiger partial charge is 0.356 e. The summed E-state index contributed by atoms with van der Waals surface area (Å²) in [6, 6.07) is 21.9. The molecule has 0 radical (unpaired) electrons. The Morgan fingerprint density at radius 3 is 2.47 bits per heavy atom. The van der Waals surface area contributed by atoms with Crippen LogP contribution < -0.4 is 5.32 Å². The predicted molar refractivity (Wildman–Crippen MR) is 122 cm³/mol. The molecule has 2 aromatic carbocycles. The fraction of sp³-hybridized carbons (Fsp3) is 0.280. The molecule has 3 aromatic rings. The second-order valence-corrected chi connectivity index (χ2v) is 8.78. The Morgan fingerprint density at radius 2 is 1.80 bits per heavy atom. The Hall–Kier alpha value is -2.92. The molecule has 1 saturated heterocycles. The summed E-state index contributed by atoms with van der Waals surface area (Å²) in [4.78, 5) is 29.1. The molecule has 1 aliphatic rings. The third kappa shape index (κ3) is 4.17. The summed E-state index contributed by atoms with van der Waals surface area (Å²) >= 11 is 1.72. The number of carbonyl (C=O) groups is 2. The zero-order valence-corrected chi connectivity index (χ0v) is 18.0. The van der Waals surface area contributed by atoms with Crippen molar-refractivity contribution in [1.82, 2.24) is 10.2 Å². The molecule has 0 spiro atoms. The van der Waals surface area contributed by atoms with Crippen molar-refractivity contribution in [2.75, 3.05) is 19.6 Å². The monoisotopic (exact) mass is 418 g/mol. The molecule has 2 amide bonds. The molecular formula is C25H26N2O2S. The van der Waals surface area contributed by atoms with Crippen LogP contribution in [0.1, 0.15) is 29.3 Å². The average Bonchev–Trinajstić information content (AvgIpc) is 3.46. The molecule has 0 unspecified atom stereocenters. The number of thiophene rings is 1. The molecule has 4 rings (SSSR count). The number of hydrogen-bond donors (Lipinski definition) is 1. The normalized spacial score (nSPS) is 18.4. The first-order valence-corrected chi connectivity index (χ1v) is 11.2. The molecule has 1 N–H and O–H groups in total. The first-order chi connectivity index (χ1) is 14.6. The van der Waals surface area contributed by atoms with E-state index in [-0.39, 0.29) is 11.8 Å². The van der Waals surface area contributed by atoms with Gasteiger partial charge in [-0.25, -0.2) is 0 Å². The van der Waals surface area contributed by atoms with Gasteiger partial charge < -0.3 is 10.2 Å². The maximum Gasteiger partial charge on any atom is 0.253 e. The lowest BCUT2D eigenvalue weighted by Crippen LogP contribution is -2.45. The van der Waals surface area contributed by atoms with Crippen molar-refractivity contribution in [2.45, 2.75) is 19.8 Å². The van der Waals surface area contributed by atoms with Gasteiger partial charge in [0, 0.05) is 30.1 Å². The number of likely N-dealkylation sites (tertiary alicyclic amines) is 1. The summed E-state index contributed by atoms with van der Waals surface area (Å²) in [6.45, 7) is 3.56.